The molecule has 3 aliphatic heterocycles. The number of hydrogen-bond acceptors (Lipinski definition) is 5. The van der Waals surface area contributed by atoms with E-state index in [9.17, 15) is 19.5 Å². The highest BCUT2D eigenvalue weighted by Gasteiger charge is 2.75. The standard InChI is InChI=1S/C26H29N3O4S/c1-16-14-19-20(23(31)28-18-10-6-3-7-11-18)21-25(33)29(12-13-30)22(26(16,21)34-19)24(32)27-15-17-8-4-2-5-9-17/h2-11,16,19-22,30H,12-15H2,1H3,(H,27,32)(H,28,31)/t16?,19-,20+,21+,22?,26?/m1/s1. The molecule has 2 aromatic carbocycles. The predicted molar refractivity (Wildman–Crippen MR) is 131 cm³/mol. The Labute approximate surface area is 203 Å². The normalized spacial score (nSPS) is 31.4. The molecule has 3 aliphatic rings. The van der Waals surface area contributed by atoms with Gasteiger partial charge in [-0.1, -0.05) is 55.5 Å². The molecule has 2 bridgehead atoms. The Hall–Kier alpha value is -2.84. The summed E-state index contributed by atoms with van der Waals surface area (Å²) in [5.74, 6) is -1.62. The highest BCUT2D eigenvalue weighted by atomic mass is 32.2. The van der Waals surface area contributed by atoms with E-state index in [0.717, 1.165) is 12.0 Å². The van der Waals surface area contributed by atoms with Crippen molar-refractivity contribution < 1.29 is 19.5 Å². The molecule has 5 rings (SSSR count). The van der Waals surface area contributed by atoms with Crippen LogP contribution in [-0.4, -0.2) is 56.9 Å². The minimum absolute atomic E-state index is 0.0200. The molecule has 34 heavy (non-hydrogen) atoms. The molecule has 0 aliphatic carbocycles. The third kappa shape index (κ3) is 3.60. The van der Waals surface area contributed by atoms with Gasteiger partial charge in [0.1, 0.15) is 6.04 Å². The number of aliphatic hydroxyl groups is 1. The van der Waals surface area contributed by atoms with Crippen molar-refractivity contribution in [1.82, 2.24) is 10.2 Å². The fourth-order valence-corrected chi connectivity index (χ4v) is 8.52. The monoisotopic (exact) mass is 479 g/mol. The average Bonchev–Trinajstić information content (AvgIpc) is 3.43. The van der Waals surface area contributed by atoms with Crippen LogP contribution in [0.15, 0.2) is 60.7 Å². The highest BCUT2D eigenvalue weighted by Crippen LogP contribution is 2.68. The molecular weight excluding hydrogens is 450 g/mol. The Morgan fingerprint density at radius 2 is 1.76 bits per heavy atom. The Morgan fingerprint density at radius 1 is 1.09 bits per heavy atom. The number of β-amino-alcohol motifs (C(OH)–C–C–N with tert-alkyl or cyclic N) is 1. The van der Waals surface area contributed by atoms with Crippen molar-refractivity contribution in [1.29, 1.82) is 0 Å². The molecule has 178 valence electrons. The Kier molecular flexibility index (Phi) is 6.12. The van der Waals surface area contributed by atoms with Crippen LogP contribution in [0.2, 0.25) is 0 Å². The van der Waals surface area contributed by atoms with E-state index in [1.807, 2.05) is 60.7 Å². The summed E-state index contributed by atoms with van der Waals surface area (Å²) in [5, 5.41) is 15.7. The molecule has 3 heterocycles. The van der Waals surface area contributed by atoms with Crippen LogP contribution in [0.5, 0.6) is 0 Å². The maximum atomic E-state index is 13.7. The van der Waals surface area contributed by atoms with Gasteiger partial charge in [-0.2, -0.15) is 0 Å². The van der Waals surface area contributed by atoms with Crippen molar-refractivity contribution in [3.05, 3.63) is 66.2 Å². The second kappa shape index (κ2) is 9.07. The second-order valence-electron chi connectivity index (χ2n) is 9.37. The summed E-state index contributed by atoms with van der Waals surface area (Å²) in [4.78, 5) is 42.2. The first-order valence-electron chi connectivity index (χ1n) is 11.7. The lowest BCUT2D eigenvalue weighted by molar-refractivity contribution is -0.139. The summed E-state index contributed by atoms with van der Waals surface area (Å²) in [6, 6.07) is 18.1. The number of nitrogens with one attached hydrogen (secondary N) is 2. The summed E-state index contributed by atoms with van der Waals surface area (Å²) < 4.78 is -0.684. The number of rotatable bonds is 7. The van der Waals surface area contributed by atoms with Crippen LogP contribution in [0.25, 0.3) is 0 Å². The number of carbonyl (C=O) groups is 3. The van der Waals surface area contributed by atoms with Gasteiger partial charge >= 0.3 is 0 Å². The number of aliphatic hydroxyl groups excluding tert-OH is 1. The molecule has 3 fully saturated rings. The maximum Gasteiger partial charge on any atom is 0.244 e. The molecule has 0 aromatic heterocycles. The van der Waals surface area contributed by atoms with Gasteiger partial charge in [0.2, 0.25) is 17.7 Å². The fourth-order valence-electron chi connectivity index (χ4n) is 6.10. The van der Waals surface area contributed by atoms with Crippen molar-refractivity contribution in [2.45, 2.75) is 35.9 Å². The third-order valence-electron chi connectivity index (χ3n) is 7.49. The van der Waals surface area contributed by atoms with Crippen LogP contribution in [0, 0.1) is 17.8 Å². The highest BCUT2D eigenvalue weighted by molar-refractivity contribution is 8.02. The third-order valence-corrected chi connectivity index (χ3v) is 9.56. The van der Waals surface area contributed by atoms with Gasteiger partial charge in [-0.15, -0.1) is 11.8 Å². The summed E-state index contributed by atoms with van der Waals surface area (Å²) in [5.41, 5.74) is 1.66. The number of nitrogens with zero attached hydrogens (tertiary/aromatic N) is 1. The van der Waals surface area contributed by atoms with E-state index in [1.165, 1.54) is 4.90 Å². The first-order valence-corrected chi connectivity index (χ1v) is 12.6. The lowest BCUT2D eigenvalue weighted by Crippen LogP contribution is -2.56. The summed E-state index contributed by atoms with van der Waals surface area (Å²) in [6.45, 7) is 2.28. The van der Waals surface area contributed by atoms with Gasteiger partial charge in [-0.05, 0) is 30.0 Å². The molecule has 3 amide bonds. The molecule has 0 saturated carbocycles. The van der Waals surface area contributed by atoms with Gasteiger partial charge in [-0.25, -0.2) is 0 Å². The van der Waals surface area contributed by atoms with Crippen molar-refractivity contribution >= 4 is 35.2 Å². The Morgan fingerprint density at radius 3 is 2.44 bits per heavy atom. The first-order chi connectivity index (χ1) is 16.5. The quantitative estimate of drug-likeness (QED) is 0.566. The molecule has 3 N–H and O–H groups in total. The number of likely N-dealkylation sites (tertiary alicyclic amines) is 1. The molecule has 3 unspecified atom stereocenters. The number of para-hydroxylation sites is 1. The molecule has 6 atom stereocenters. The lowest BCUT2D eigenvalue weighted by Gasteiger charge is -2.38. The summed E-state index contributed by atoms with van der Waals surface area (Å²) >= 11 is 1.63. The van der Waals surface area contributed by atoms with Gasteiger partial charge in [-0.3, -0.25) is 14.4 Å². The molecular formula is C26H29N3O4S. The first kappa shape index (κ1) is 22.9. The van der Waals surface area contributed by atoms with E-state index in [-0.39, 0.29) is 42.0 Å². The smallest absolute Gasteiger partial charge is 0.244 e. The number of hydrogen-bond donors (Lipinski definition) is 3. The number of benzene rings is 2. The molecule has 7 nitrogen and oxygen atoms in total. The van der Waals surface area contributed by atoms with Crippen molar-refractivity contribution in [2.75, 3.05) is 18.5 Å². The van der Waals surface area contributed by atoms with Gasteiger partial charge in [0.25, 0.3) is 0 Å². The molecule has 1 spiro atoms. The van der Waals surface area contributed by atoms with Crippen LogP contribution in [0.4, 0.5) is 5.69 Å². The zero-order chi connectivity index (χ0) is 23.9. The van der Waals surface area contributed by atoms with E-state index in [1.54, 1.807) is 11.8 Å². The summed E-state index contributed by atoms with van der Waals surface area (Å²) in [7, 11) is 0. The number of fused-ring (bicyclic) bond motifs is 1. The van der Waals surface area contributed by atoms with Gasteiger partial charge in [0.05, 0.1) is 23.2 Å². The topological polar surface area (TPSA) is 98.7 Å². The molecule has 8 heteroatoms. The van der Waals surface area contributed by atoms with E-state index in [0.29, 0.717) is 12.2 Å². The molecule has 3 saturated heterocycles. The van der Waals surface area contributed by atoms with Crippen LogP contribution >= 0.6 is 11.8 Å². The van der Waals surface area contributed by atoms with Crippen molar-refractivity contribution in [3.63, 3.8) is 0 Å². The van der Waals surface area contributed by atoms with Crippen LogP contribution in [0.3, 0.4) is 0 Å². The number of thioether (sulfide) groups is 1. The SMILES string of the molecule is CC1C[C@H]2SC13C(C(=O)NCc1ccccc1)N(CCO)C(=O)[C@@H]3[C@H]2C(=O)Nc1ccccc1. The largest absolute Gasteiger partial charge is 0.395 e. The predicted octanol–water partition coefficient (Wildman–Crippen LogP) is 2.27. The van der Waals surface area contributed by atoms with Gasteiger partial charge in [0, 0.05) is 24.0 Å². The van der Waals surface area contributed by atoms with Crippen molar-refractivity contribution in [2.24, 2.45) is 17.8 Å². The van der Waals surface area contributed by atoms with Crippen LogP contribution < -0.4 is 10.6 Å². The van der Waals surface area contributed by atoms with Gasteiger partial charge < -0.3 is 20.6 Å². The van der Waals surface area contributed by atoms with Crippen LogP contribution in [-0.2, 0) is 20.9 Å². The minimum Gasteiger partial charge on any atom is -0.395 e. The van der Waals surface area contributed by atoms with E-state index < -0.39 is 22.6 Å². The average molecular weight is 480 g/mol. The van der Waals surface area contributed by atoms with Crippen LogP contribution in [0.1, 0.15) is 18.9 Å². The van der Waals surface area contributed by atoms with Crippen molar-refractivity contribution in [3.8, 4) is 0 Å². The Bertz CT molecular complexity index is 1080. The zero-order valence-corrected chi connectivity index (χ0v) is 19.8. The van der Waals surface area contributed by atoms with Gasteiger partial charge in [0.15, 0.2) is 0 Å². The maximum absolute atomic E-state index is 13.7. The van der Waals surface area contributed by atoms with E-state index >= 15 is 0 Å². The number of carbonyl (C=O) groups excluding carboxylic acids is 3. The minimum atomic E-state index is -0.722. The van der Waals surface area contributed by atoms with E-state index in [4.69, 9.17) is 0 Å². The number of anilines is 1. The van der Waals surface area contributed by atoms with E-state index in [2.05, 4.69) is 17.6 Å². The summed E-state index contributed by atoms with van der Waals surface area (Å²) in [6.07, 6.45) is 0.775. The zero-order valence-electron chi connectivity index (χ0n) is 19.0. The number of amides is 3. The fraction of sp³-hybridized carbons (Fsp3) is 0.423. The molecule has 2 aromatic rings. The second-order valence-corrected chi connectivity index (χ2v) is 10.9. The molecule has 0 radical (unpaired) electrons. The lowest BCUT2D eigenvalue weighted by atomic mass is 9.66. The Balaban J connectivity index is 1.44.